The third-order valence-electron chi connectivity index (χ3n) is 18.2. The standard InChI is InChI=1S/C11H22.2C10H18.C9H17N.C7H14.C6H13N.3CH4/c1-8(2)11-7-9(3)5-6-10(11)4;1-7(2)10-5-8-3-9(4-8)6-10;1-7(2)10-8-4-3-5-9(10)6-8;1-8(2)9-3-5-10(7-9)6-4-9;1-6(2)7-4-3-5-7;1-3-6-4-5-7(6)2;;;/h8-11H,5-7H2,1-4H3;2*7-10H,3-6H2,1-2H3;8H,3-7H2,1-2H3;6-7H,3-5H2,1-2H3;6H,3-5H2,1-2H3;3*1H4. The lowest BCUT2D eigenvalue weighted by Gasteiger charge is -2.51. The van der Waals surface area contributed by atoms with Gasteiger partial charge in [0.25, 0.3) is 0 Å². The Kier molecular flexibility index (Phi) is 25.6. The lowest BCUT2D eigenvalue weighted by Crippen LogP contribution is -2.43. The average molecular weight is 816 g/mol. The molecule has 11 fully saturated rings. The van der Waals surface area contributed by atoms with Crippen LogP contribution in [0.3, 0.4) is 0 Å². The van der Waals surface area contributed by atoms with Crippen LogP contribution in [0.4, 0.5) is 0 Å². The van der Waals surface area contributed by atoms with Crippen LogP contribution in [-0.2, 0) is 0 Å². The minimum Gasteiger partial charge on any atom is -0.303 e. The molecule has 0 radical (unpaired) electrons. The van der Waals surface area contributed by atoms with E-state index in [9.17, 15) is 0 Å². The van der Waals surface area contributed by atoms with Gasteiger partial charge in [0.2, 0.25) is 0 Å². The Morgan fingerprint density at radius 1 is 0.552 bits per heavy atom. The van der Waals surface area contributed by atoms with Gasteiger partial charge in [-0.05, 0) is 185 Å². The predicted molar refractivity (Wildman–Crippen MR) is 265 cm³/mol. The highest BCUT2D eigenvalue weighted by Crippen LogP contribution is 2.54. The summed E-state index contributed by atoms with van der Waals surface area (Å²) in [5, 5.41) is 0. The van der Waals surface area contributed by atoms with E-state index >= 15 is 0 Å². The molecule has 8 saturated carbocycles. The summed E-state index contributed by atoms with van der Waals surface area (Å²) in [7, 11) is 2.19. The van der Waals surface area contributed by atoms with Crippen molar-refractivity contribution in [2.75, 3.05) is 33.2 Å². The number of nitrogens with zero attached hydrogens (tertiary/aromatic N) is 2. The van der Waals surface area contributed by atoms with Crippen molar-refractivity contribution in [3.05, 3.63) is 0 Å². The molecular formula is C56H114N2. The molecule has 2 heteroatoms. The molecular weight excluding hydrogens is 701 g/mol. The van der Waals surface area contributed by atoms with Crippen LogP contribution in [0.25, 0.3) is 0 Å². The van der Waals surface area contributed by atoms with Gasteiger partial charge >= 0.3 is 0 Å². The van der Waals surface area contributed by atoms with E-state index in [1.165, 1.54) is 96.8 Å². The van der Waals surface area contributed by atoms with Crippen LogP contribution in [0.2, 0.25) is 0 Å². The summed E-state index contributed by atoms with van der Waals surface area (Å²) in [6.45, 7) is 36.3. The van der Waals surface area contributed by atoms with Gasteiger partial charge in [0, 0.05) is 12.6 Å². The summed E-state index contributed by atoms with van der Waals surface area (Å²) in [6.07, 6.45) is 27.0. The maximum absolute atomic E-state index is 2.61. The molecule has 3 saturated heterocycles. The number of likely N-dealkylation sites (tertiary alicyclic amines) is 1. The Morgan fingerprint density at radius 3 is 1.31 bits per heavy atom. The number of hydrogen-bond donors (Lipinski definition) is 0. The van der Waals surface area contributed by atoms with Crippen LogP contribution in [0, 0.1) is 94.2 Å². The maximum Gasteiger partial charge on any atom is 0.0102 e. The van der Waals surface area contributed by atoms with Crippen molar-refractivity contribution in [1.29, 1.82) is 0 Å². The fraction of sp³-hybridized carbons (Fsp3) is 1.00. The minimum absolute atomic E-state index is 0. The summed E-state index contributed by atoms with van der Waals surface area (Å²) in [4.78, 5) is 5.01. The van der Waals surface area contributed by atoms with Gasteiger partial charge in [0.15, 0.2) is 0 Å². The van der Waals surface area contributed by atoms with Crippen LogP contribution in [0.15, 0.2) is 0 Å². The summed E-state index contributed by atoms with van der Waals surface area (Å²) >= 11 is 0. The number of piperidine rings is 1. The van der Waals surface area contributed by atoms with Crippen molar-refractivity contribution >= 4 is 0 Å². The highest BCUT2D eigenvalue weighted by Gasteiger charge is 2.46. The van der Waals surface area contributed by atoms with Gasteiger partial charge in [-0.2, -0.15) is 0 Å². The second-order valence-electron chi connectivity index (χ2n) is 23.6. The van der Waals surface area contributed by atoms with Crippen LogP contribution in [0.1, 0.15) is 228 Å². The monoisotopic (exact) mass is 815 g/mol. The Labute approximate surface area is 369 Å². The lowest BCUT2D eigenvalue weighted by molar-refractivity contribution is -0.0178. The molecule has 3 heterocycles. The topological polar surface area (TPSA) is 6.48 Å². The minimum atomic E-state index is 0. The van der Waals surface area contributed by atoms with Gasteiger partial charge in [-0.15, -0.1) is 0 Å². The summed E-state index contributed by atoms with van der Waals surface area (Å²) < 4.78 is 0. The number of hydrogen-bond acceptors (Lipinski definition) is 2. The van der Waals surface area contributed by atoms with E-state index in [4.69, 9.17) is 0 Å². The Bertz CT molecular complexity index is 990. The zero-order valence-corrected chi connectivity index (χ0v) is 40.2. The molecule has 0 aromatic rings. The van der Waals surface area contributed by atoms with E-state index in [-0.39, 0.29) is 22.3 Å². The fourth-order valence-corrected chi connectivity index (χ4v) is 13.2. The Balaban J connectivity index is 0.000000347. The zero-order valence-electron chi connectivity index (χ0n) is 40.2. The molecule has 0 aromatic carbocycles. The molecule has 6 atom stereocenters. The van der Waals surface area contributed by atoms with E-state index in [2.05, 4.69) is 107 Å². The molecule has 0 aromatic heterocycles. The van der Waals surface area contributed by atoms with E-state index in [0.29, 0.717) is 0 Å². The van der Waals surface area contributed by atoms with Crippen LogP contribution in [0.5, 0.6) is 0 Å². The molecule has 348 valence electrons. The number of fused-ring (bicyclic) bond motifs is 6. The first-order valence-electron chi connectivity index (χ1n) is 25.5. The largest absolute Gasteiger partial charge is 0.303 e. The molecule has 0 amide bonds. The molecule has 2 nitrogen and oxygen atoms in total. The summed E-state index contributed by atoms with van der Waals surface area (Å²) in [6, 6.07) is 0.917. The van der Waals surface area contributed by atoms with Gasteiger partial charge < -0.3 is 9.80 Å². The normalized spacial score (nSPS) is 37.6. The van der Waals surface area contributed by atoms with Crippen LogP contribution in [-0.4, -0.2) is 49.1 Å². The SMILES string of the molecule is C.C.C.CC(C)C12CCN(CC1)C2.CC(C)C1C2CCCC1C2.CC(C)C1CC2CC(C2)C1.CC(C)C1CCC1.CC1CCC(C)C(C(C)C)C1.CCC1CCN1C. The number of rotatable bonds is 6. The summed E-state index contributed by atoms with van der Waals surface area (Å²) in [5.41, 5.74) is 0.736. The summed E-state index contributed by atoms with van der Waals surface area (Å²) in [5.74, 6) is 15.5. The molecule has 0 spiro atoms. The molecule has 0 N–H and O–H groups in total. The molecule has 3 aliphatic heterocycles. The van der Waals surface area contributed by atoms with Gasteiger partial charge in [-0.25, -0.2) is 0 Å². The predicted octanol–water partition coefficient (Wildman–Crippen LogP) is 17.1. The van der Waals surface area contributed by atoms with Gasteiger partial charge in [0.05, 0.1) is 0 Å². The maximum atomic E-state index is 2.61. The second-order valence-corrected chi connectivity index (χ2v) is 23.6. The van der Waals surface area contributed by atoms with Crippen molar-refractivity contribution in [3.63, 3.8) is 0 Å². The van der Waals surface area contributed by atoms with Crippen molar-refractivity contribution in [2.45, 2.75) is 234 Å². The third-order valence-corrected chi connectivity index (χ3v) is 18.2. The van der Waals surface area contributed by atoms with Crippen LogP contribution >= 0.6 is 0 Å². The van der Waals surface area contributed by atoms with Crippen molar-refractivity contribution in [2.24, 2.45) is 94.2 Å². The first-order valence-corrected chi connectivity index (χ1v) is 25.5. The molecule has 6 unspecified atom stereocenters. The molecule has 11 rings (SSSR count). The van der Waals surface area contributed by atoms with Crippen LogP contribution < -0.4 is 0 Å². The molecule has 11 aliphatic rings. The van der Waals surface area contributed by atoms with Crippen molar-refractivity contribution in [3.8, 4) is 0 Å². The van der Waals surface area contributed by atoms with E-state index in [0.717, 1.165) is 100 Å². The third kappa shape index (κ3) is 15.9. The van der Waals surface area contributed by atoms with Gasteiger partial charge in [0.1, 0.15) is 0 Å². The van der Waals surface area contributed by atoms with Crippen molar-refractivity contribution < 1.29 is 0 Å². The Hall–Kier alpha value is -0.0800. The first-order chi connectivity index (χ1) is 26.0. The quantitative estimate of drug-likeness (QED) is 0.264. The average Bonchev–Trinajstić information content (AvgIpc) is 3.73. The zero-order chi connectivity index (χ0) is 40.4. The molecule has 6 bridgehead atoms. The fourth-order valence-electron chi connectivity index (χ4n) is 13.2. The highest BCUT2D eigenvalue weighted by molar-refractivity contribution is 4.98. The highest BCUT2D eigenvalue weighted by atomic mass is 15.2. The lowest BCUT2D eigenvalue weighted by atomic mass is 9.54. The Morgan fingerprint density at radius 2 is 1.09 bits per heavy atom. The van der Waals surface area contributed by atoms with E-state index < -0.39 is 0 Å². The second kappa shape index (κ2) is 26.5. The van der Waals surface area contributed by atoms with E-state index in [1.54, 1.807) is 44.9 Å². The smallest absolute Gasteiger partial charge is 0.0102 e. The van der Waals surface area contributed by atoms with Gasteiger partial charge in [-0.3, -0.25) is 0 Å². The van der Waals surface area contributed by atoms with E-state index in [1.807, 2.05) is 0 Å². The molecule has 58 heavy (non-hydrogen) atoms. The first kappa shape index (κ1) is 55.9. The molecule has 8 aliphatic carbocycles. The van der Waals surface area contributed by atoms with Gasteiger partial charge in [-0.1, -0.05) is 164 Å². The van der Waals surface area contributed by atoms with Crippen molar-refractivity contribution in [1.82, 2.24) is 9.80 Å².